The predicted molar refractivity (Wildman–Crippen MR) is 102 cm³/mol. The summed E-state index contributed by atoms with van der Waals surface area (Å²) in [4.78, 5) is 40.0. The van der Waals surface area contributed by atoms with Crippen molar-refractivity contribution in [3.63, 3.8) is 0 Å². The van der Waals surface area contributed by atoms with E-state index in [0.29, 0.717) is 55.3 Å². The number of rotatable bonds is 6. The van der Waals surface area contributed by atoms with Gasteiger partial charge >= 0.3 is 0 Å². The molecular weight excluding hydrogens is 348 g/mol. The molecule has 2 N–H and O–H groups in total. The van der Waals surface area contributed by atoms with Gasteiger partial charge in [0.2, 0.25) is 5.91 Å². The van der Waals surface area contributed by atoms with Crippen LogP contribution in [0.1, 0.15) is 17.3 Å². The molecule has 3 heterocycles. The Balaban J connectivity index is 1.76. The molecule has 2 aromatic rings. The maximum Gasteiger partial charge on any atom is 0.255 e. The van der Waals surface area contributed by atoms with Crippen molar-refractivity contribution in [1.82, 2.24) is 25.2 Å². The number of methoxy groups -OCH3 is 1. The number of anilines is 1. The fraction of sp³-hybridized carbons (Fsp3) is 0.444. The maximum absolute atomic E-state index is 12.5. The van der Waals surface area contributed by atoms with Crippen molar-refractivity contribution in [3.05, 3.63) is 30.6 Å². The highest BCUT2D eigenvalue weighted by Gasteiger charge is 2.22. The number of H-pyrrole nitrogens is 1. The number of carbonyl (C=O) groups is 2. The van der Waals surface area contributed by atoms with Crippen molar-refractivity contribution in [2.45, 2.75) is 13.0 Å². The number of aromatic nitrogens is 3. The molecule has 1 aliphatic rings. The van der Waals surface area contributed by atoms with E-state index >= 15 is 0 Å². The first-order chi connectivity index (χ1) is 13.0. The minimum Gasteiger partial charge on any atom is -0.383 e. The van der Waals surface area contributed by atoms with Crippen molar-refractivity contribution < 1.29 is 14.3 Å². The molecule has 0 unspecified atom stereocenters. The summed E-state index contributed by atoms with van der Waals surface area (Å²) in [5.41, 5.74) is 1.53. The Morgan fingerprint density at radius 2 is 2.15 bits per heavy atom. The van der Waals surface area contributed by atoms with Crippen LogP contribution in [-0.4, -0.2) is 77.6 Å². The first-order valence-corrected chi connectivity index (χ1v) is 8.83. The van der Waals surface area contributed by atoms with Crippen molar-refractivity contribution >= 4 is 28.8 Å². The van der Waals surface area contributed by atoms with Crippen LogP contribution in [0.15, 0.2) is 25.0 Å². The first-order valence-electron chi connectivity index (χ1n) is 8.83. The molecule has 2 amide bonds. The highest BCUT2D eigenvalue weighted by atomic mass is 16.5. The second kappa shape index (κ2) is 8.17. The number of fused-ring (bicyclic) bond motifs is 1. The molecule has 144 valence electrons. The molecule has 0 radical (unpaired) electrons. The quantitative estimate of drug-likeness (QED) is 0.718. The van der Waals surface area contributed by atoms with Gasteiger partial charge in [0.05, 0.1) is 18.4 Å². The third-order valence-corrected chi connectivity index (χ3v) is 4.50. The monoisotopic (exact) mass is 372 g/mol. The largest absolute Gasteiger partial charge is 0.383 e. The molecule has 0 saturated carbocycles. The second-order valence-electron chi connectivity index (χ2n) is 6.47. The number of hydrogen-bond acceptors (Lipinski definition) is 6. The summed E-state index contributed by atoms with van der Waals surface area (Å²) in [5.74, 6) is 0.399. The molecular formula is C18H24N6O3. The van der Waals surface area contributed by atoms with Crippen LogP contribution in [-0.2, 0) is 9.53 Å². The molecule has 27 heavy (non-hydrogen) atoms. The van der Waals surface area contributed by atoms with Gasteiger partial charge in [0.1, 0.15) is 11.3 Å². The Morgan fingerprint density at radius 3 is 2.81 bits per heavy atom. The van der Waals surface area contributed by atoms with E-state index in [1.54, 1.807) is 24.4 Å². The van der Waals surface area contributed by atoms with Crippen molar-refractivity contribution in [3.8, 4) is 0 Å². The molecule has 0 aromatic carbocycles. The average Bonchev–Trinajstić information content (AvgIpc) is 3.11. The Bertz CT molecular complexity index is 841. The lowest BCUT2D eigenvalue weighted by Crippen LogP contribution is -2.48. The molecule has 2 aromatic heterocycles. The highest BCUT2D eigenvalue weighted by Crippen LogP contribution is 2.20. The molecule has 1 atom stereocenters. The van der Waals surface area contributed by atoms with E-state index in [1.165, 1.54) is 6.08 Å². The zero-order valence-electron chi connectivity index (χ0n) is 15.6. The lowest BCUT2D eigenvalue weighted by molar-refractivity contribution is -0.126. The van der Waals surface area contributed by atoms with Gasteiger partial charge in [-0.2, -0.15) is 0 Å². The SMILES string of the molecule is C=CC(=O)N1CCN(c2cnc3[nH]cc(C(=O)N[C@@H](C)COC)c3n2)CC1. The van der Waals surface area contributed by atoms with Gasteiger partial charge in [0, 0.05) is 45.5 Å². The average molecular weight is 372 g/mol. The third-order valence-electron chi connectivity index (χ3n) is 4.50. The summed E-state index contributed by atoms with van der Waals surface area (Å²) in [6.07, 6.45) is 4.62. The van der Waals surface area contributed by atoms with Crippen LogP contribution in [0.3, 0.4) is 0 Å². The van der Waals surface area contributed by atoms with Crippen LogP contribution in [0.5, 0.6) is 0 Å². The number of ether oxygens (including phenoxy) is 1. The molecule has 1 saturated heterocycles. The number of nitrogens with one attached hydrogen (secondary N) is 2. The maximum atomic E-state index is 12.5. The highest BCUT2D eigenvalue weighted by molar-refractivity contribution is 6.04. The van der Waals surface area contributed by atoms with Gasteiger partial charge in [-0.05, 0) is 13.0 Å². The number of aromatic amines is 1. The van der Waals surface area contributed by atoms with Gasteiger partial charge in [-0.25, -0.2) is 9.97 Å². The summed E-state index contributed by atoms with van der Waals surface area (Å²) >= 11 is 0. The van der Waals surface area contributed by atoms with E-state index in [9.17, 15) is 9.59 Å². The molecule has 1 fully saturated rings. The molecule has 3 rings (SSSR count). The fourth-order valence-electron chi connectivity index (χ4n) is 3.09. The molecule has 1 aliphatic heterocycles. The van der Waals surface area contributed by atoms with Crippen LogP contribution in [0.2, 0.25) is 0 Å². The molecule has 0 spiro atoms. The van der Waals surface area contributed by atoms with E-state index in [2.05, 4.69) is 31.7 Å². The standard InChI is InChI=1S/C18H24N6O3/c1-4-15(25)24-7-5-23(6-8-24)14-10-20-17-16(22-14)13(9-19-17)18(26)21-12(2)11-27-3/h4,9-10,12H,1,5-8,11H2,2-3H3,(H,19,20)(H,21,26)/t12-/m0/s1. The van der Waals surface area contributed by atoms with E-state index in [0.717, 1.165) is 0 Å². The summed E-state index contributed by atoms with van der Waals surface area (Å²) in [6, 6.07) is -0.112. The van der Waals surface area contributed by atoms with Gasteiger partial charge in [0.25, 0.3) is 5.91 Å². The Morgan fingerprint density at radius 1 is 1.41 bits per heavy atom. The van der Waals surface area contributed by atoms with E-state index in [-0.39, 0.29) is 17.9 Å². The molecule has 9 nitrogen and oxygen atoms in total. The molecule has 9 heteroatoms. The smallest absolute Gasteiger partial charge is 0.255 e. The van der Waals surface area contributed by atoms with E-state index in [1.807, 2.05) is 6.92 Å². The van der Waals surface area contributed by atoms with Gasteiger partial charge in [-0.1, -0.05) is 6.58 Å². The van der Waals surface area contributed by atoms with Gasteiger partial charge in [-0.15, -0.1) is 0 Å². The van der Waals surface area contributed by atoms with Gasteiger partial charge in [-0.3, -0.25) is 9.59 Å². The van der Waals surface area contributed by atoms with Crippen LogP contribution in [0, 0.1) is 0 Å². The minimum atomic E-state index is -0.223. The Kier molecular flexibility index (Phi) is 5.70. The first kappa shape index (κ1) is 18.8. The predicted octanol–water partition coefficient (Wildman–Crippen LogP) is 0.557. The van der Waals surface area contributed by atoms with Gasteiger partial charge < -0.3 is 24.8 Å². The van der Waals surface area contributed by atoms with Crippen LogP contribution in [0.25, 0.3) is 11.2 Å². The zero-order chi connectivity index (χ0) is 19.4. The van der Waals surface area contributed by atoms with Crippen molar-refractivity contribution in [2.24, 2.45) is 0 Å². The molecule has 0 aliphatic carbocycles. The van der Waals surface area contributed by atoms with Crippen LogP contribution < -0.4 is 10.2 Å². The number of hydrogen-bond donors (Lipinski definition) is 2. The second-order valence-corrected chi connectivity index (χ2v) is 6.47. The summed E-state index contributed by atoms with van der Waals surface area (Å²) < 4.78 is 5.05. The zero-order valence-corrected chi connectivity index (χ0v) is 15.6. The summed E-state index contributed by atoms with van der Waals surface area (Å²) in [6.45, 7) is 8.32. The molecule has 0 bridgehead atoms. The van der Waals surface area contributed by atoms with Crippen molar-refractivity contribution in [1.29, 1.82) is 0 Å². The number of amides is 2. The van der Waals surface area contributed by atoms with Crippen LogP contribution >= 0.6 is 0 Å². The number of nitrogens with zero attached hydrogens (tertiary/aromatic N) is 4. The van der Waals surface area contributed by atoms with Gasteiger partial charge in [0.15, 0.2) is 5.65 Å². The Labute approximate surface area is 157 Å². The number of piperazine rings is 1. The number of carbonyl (C=O) groups excluding carboxylic acids is 2. The van der Waals surface area contributed by atoms with Crippen LogP contribution in [0.4, 0.5) is 5.82 Å². The summed E-state index contributed by atoms with van der Waals surface area (Å²) in [5, 5.41) is 2.88. The Hall–Kier alpha value is -2.94. The van der Waals surface area contributed by atoms with E-state index < -0.39 is 0 Å². The minimum absolute atomic E-state index is 0.0639. The van der Waals surface area contributed by atoms with Crippen molar-refractivity contribution in [2.75, 3.05) is 44.8 Å². The normalized spacial score (nSPS) is 15.6. The topological polar surface area (TPSA) is 103 Å². The lowest BCUT2D eigenvalue weighted by atomic mass is 10.2. The third kappa shape index (κ3) is 4.08. The van der Waals surface area contributed by atoms with E-state index in [4.69, 9.17) is 4.74 Å². The summed E-state index contributed by atoms with van der Waals surface area (Å²) in [7, 11) is 1.59. The lowest BCUT2D eigenvalue weighted by Gasteiger charge is -2.34. The fourth-order valence-corrected chi connectivity index (χ4v) is 3.09.